The van der Waals surface area contributed by atoms with E-state index in [-0.39, 0.29) is 30.3 Å². The van der Waals surface area contributed by atoms with Crippen molar-refractivity contribution in [2.75, 3.05) is 20.2 Å². The molecule has 0 aliphatic rings. The SMILES string of the molecule is CC(C(=O)N(C)CCOCc1ccccc1)C(N)c1ccccc1.Cl. The number of rotatable bonds is 8. The smallest absolute Gasteiger partial charge is 0.227 e. The second-order valence-corrected chi connectivity index (χ2v) is 6.02. The van der Waals surface area contributed by atoms with Crippen LogP contribution < -0.4 is 5.73 Å². The molecule has 0 saturated heterocycles. The van der Waals surface area contributed by atoms with E-state index in [2.05, 4.69) is 0 Å². The number of amides is 1. The average molecular weight is 363 g/mol. The molecule has 2 N–H and O–H groups in total. The third kappa shape index (κ3) is 6.50. The standard InChI is InChI=1S/C20H26N2O2.ClH/c1-16(19(21)18-11-7-4-8-12-18)20(23)22(2)13-14-24-15-17-9-5-3-6-10-17;/h3-12,16,19H,13-15,21H2,1-2H3;1H. The molecular formula is C20H27ClN2O2. The van der Waals surface area contributed by atoms with Crippen LogP contribution in [0.15, 0.2) is 60.7 Å². The van der Waals surface area contributed by atoms with Crippen LogP contribution in [0.25, 0.3) is 0 Å². The van der Waals surface area contributed by atoms with Crippen molar-refractivity contribution in [1.82, 2.24) is 4.90 Å². The molecule has 0 aliphatic carbocycles. The molecule has 2 atom stereocenters. The molecule has 25 heavy (non-hydrogen) atoms. The van der Waals surface area contributed by atoms with Gasteiger partial charge in [-0.1, -0.05) is 67.6 Å². The molecule has 5 heteroatoms. The van der Waals surface area contributed by atoms with E-state index in [0.717, 1.165) is 11.1 Å². The van der Waals surface area contributed by atoms with Crippen molar-refractivity contribution in [2.24, 2.45) is 11.7 Å². The van der Waals surface area contributed by atoms with Gasteiger partial charge < -0.3 is 15.4 Å². The largest absolute Gasteiger partial charge is 0.375 e. The van der Waals surface area contributed by atoms with Crippen LogP contribution in [0.5, 0.6) is 0 Å². The predicted octanol–water partition coefficient (Wildman–Crippen LogP) is 3.42. The minimum atomic E-state index is -0.300. The molecule has 4 nitrogen and oxygen atoms in total. The zero-order chi connectivity index (χ0) is 17.4. The molecule has 0 radical (unpaired) electrons. The van der Waals surface area contributed by atoms with Gasteiger partial charge in [-0.2, -0.15) is 0 Å². The second kappa shape index (κ2) is 10.9. The zero-order valence-electron chi connectivity index (χ0n) is 14.8. The summed E-state index contributed by atoms with van der Waals surface area (Å²) in [6, 6.07) is 19.4. The van der Waals surface area contributed by atoms with Gasteiger partial charge in [0.25, 0.3) is 0 Å². The molecule has 0 aliphatic heterocycles. The molecule has 2 unspecified atom stereocenters. The van der Waals surface area contributed by atoms with Crippen LogP contribution in [0.4, 0.5) is 0 Å². The summed E-state index contributed by atoms with van der Waals surface area (Å²) in [6.45, 7) is 3.49. The summed E-state index contributed by atoms with van der Waals surface area (Å²) in [7, 11) is 1.79. The predicted molar refractivity (Wildman–Crippen MR) is 104 cm³/mol. The van der Waals surface area contributed by atoms with Gasteiger partial charge in [0.1, 0.15) is 0 Å². The lowest BCUT2D eigenvalue weighted by atomic mass is 9.94. The Morgan fingerprint density at radius 2 is 1.64 bits per heavy atom. The quantitative estimate of drug-likeness (QED) is 0.732. The van der Waals surface area contributed by atoms with E-state index in [4.69, 9.17) is 10.5 Å². The van der Waals surface area contributed by atoms with E-state index in [0.29, 0.717) is 19.8 Å². The van der Waals surface area contributed by atoms with Gasteiger partial charge in [-0.3, -0.25) is 4.79 Å². The number of carbonyl (C=O) groups is 1. The Balaban J connectivity index is 0.00000312. The molecule has 0 bridgehead atoms. The third-order valence-electron chi connectivity index (χ3n) is 4.17. The molecule has 2 aromatic carbocycles. The van der Waals surface area contributed by atoms with E-state index >= 15 is 0 Å². The first-order chi connectivity index (χ1) is 11.6. The van der Waals surface area contributed by atoms with Crippen molar-refractivity contribution in [1.29, 1.82) is 0 Å². The summed E-state index contributed by atoms with van der Waals surface area (Å²) >= 11 is 0. The number of likely N-dealkylation sites (N-methyl/N-ethyl adjacent to an activating group) is 1. The van der Waals surface area contributed by atoms with Crippen molar-refractivity contribution >= 4 is 18.3 Å². The van der Waals surface area contributed by atoms with Gasteiger partial charge >= 0.3 is 0 Å². The van der Waals surface area contributed by atoms with E-state index in [1.54, 1.807) is 11.9 Å². The van der Waals surface area contributed by atoms with Crippen molar-refractivity contribution in [3.63, 3.8) is 0 Å². The lowest BCUT2D eigenvalue weighted by molar-refractivity contribution is -0.135. The topological polar surface area (TPSA) is 55.6 Å². The lowest BCUT2D eigenvalue weighted by Crippen LogP contribution is -2.38. The minimum absolute atomic E-state index is 0. The van der Waals surface area contributed by atoms with E-state index < -0.39 is 0 Å². The van der Waals surface area contributed by atoms with Crippen molar-refractivity contribution < 1.29 is 9.53 Å². The fourth-order valence-electron chi connectivity index (χ4n) is 2.54. The van der Waals surface area contributed by atoms with Crippen LogP contribution in [0.2, 0.25) is 0 Å². The normalized spacial score (nSPS) is 12.8. The molecule has 2 aromatic rings. The number of carbonyl (C=O) groups excluding carboxylic acids is 1. The molecule has 0 aromatic heterocycles. The first-order valence-corrected chi connectivity index (χ1v) is 8.26. The highest BCUT2D eigenvalue weighted by molar-refractivity contribution is 5.85. The fraction of sp³-hybridized carbons (Fsp3) is 0.350. The molecule has 1 amide bonds. The molecule has 0 fully saturated rings. The Morgan fingerprint density at radius 1 is 1.08 bits per heavy atom. The third-order valence-corrected chi connectivity index (χ3v) is 4.17. The number of hydrogen-bond donors (Lipinski definition) is 1. The zero-order valence-corrected chi connectivity index (χ0v) is 15.6. The number of hydrogen-bond acceptors (Lipinski definition) is 3. The van der Waals surface area contributed by atoms with Gasteiger partial charge in [-0.25, -0.2) is 0 Å². The van der Waals surface area contributed by atoms with Crippen LogP contribution in [0.1, 0.15) is 24.1 Å². The second-order valence-electron chi connectivity index (χ2n) is 6.02. The van der Waals surface area contributed by atoms with Gasteiger partial charge in [-0.15, -0.1) is 12.4 Å². The van der Waals surface area contributed by atoms with Gasteiger partial charge in [0.15, 0.2) is 0 Å². The maximum Gasteiger partial charge on any atom is 0.227 e. The Labute approximate surface area is 156 Å². The van der Waals surface area contributed by atoms with Crippen LogP contribution in [-0.2, 0) is 16.1 Å². The first-order valence-electron chi connectivity index (χ1n) is 8.26. The Morgan fingerprint density at radius 3 is 2.24 bits per heavy atom. The summed E-state index contributed by atoms with van der Waals surface area (Å²) < 4.78 is 5.64. The molecule has 136 valence electrons. The molecule has 0 spiro atoms. The van der Waals surface area contributed by atoms with Gasteiger partial charge in [0, 0.05) is 19.6 Å². The fourth-order valence-corrected chi connectivity index (χ4v) is 2.54. The summed E-state index contributed by atoms with van der Waals surface area (Å²) in [6.07, 6.45) is 0. The van der Waals surface area contributed by atoms with Gasteiger partial charge in [-0.05, 0) is 11.1 Å². The maximum atomic E-state index is 12.5. The van der Waals surface area contributed by atoms with Crippen LogP contribution in [-0.4, -0.2) is 31.0 Å². The number of nitrogens with zero attached hydrogens (tertiary/aromatic N) is 1. The number of nitrogens with two attached hydrogens (primary N) is 1. The molecular weight excluding hydrogens is 336 g/mol. The Hall–Kier alpha value is -1.88. The summed E-state index contributed by atoms with van der Waals surface area (Å²) in [5, 5.41) is 0. The lowest BCUT2D eigenvalue weighted by Gasteiger charge is -2.25. The highest BCUT2D eigenvalue weighted by Crippen LogP contribution is 2.20. The molecule has 0 heterocycles. The molecule has 2 rings (SSSR count). The number of halogens is 1. The highest BCUT2D eigenvalue weighted by Gasteiger charge is 2.24. The summed E-state index contributed by atoms with van der Waals surface area (Å²) in [4.78, 5) is 14.2. The van der Waals surface area contributed by atoms with Crippen LogP contribution in [0.3, 0.4) is 0 Å². The van der Waals surface area contributed by atoms with Crippen LogP contribution in [0, 0.1) is 5.92 Å². The first kappa shape index (κ1) is 21.2. The average Bonchev–Trinajstić information content (AvgIpc) is 2.64. The van der Waals surface area contributed by atoms with E-state index in [9.17, 15) is 4.79 Å². The summed E-state index contributed by atoms with van der Waals surface area (Å²) in [5.74, 6) is -0.235. The maximum absolute atomic E-state index is 12.5. The van der Waals surface area contributed by atoms with Crippen molar-refractivity contribution in [3.8, 4) is 0 Å². The van der Waals surface area contributed by atoms with Gasteiger partial charge in [0.2, 0.25) is 5.91 Å². The monoisotopic (exact) mass is 362 g/mol. The Kier molecular flexibility index (Phi) is 9.21. The van der Waals surface area contributed by atoms with Gasteiger partial charge in [0.05, 0.1) is 19.1 Å². The van der Waals surface area contributed by atoms with E-state index in [1.165, 1.54) is 0 Å². The Bertz CT molecular complexity index is 622. The minimum Gasteiger partial charge on any atom is -0.375 e. The van der Waals surface area contributed by atoms with E-state index in [1.807, 2.05) is 67.6 Å². The molecule has 0 saturated carbocycles. The van der Waals surface area contributed by atoms with Crippen LogP contribution >= 0.6 is 12.4 Å². The van der Waals surface area contributed by atoms with Crippen molar-refractivity contribution in [3.05, 3.63) is 71.8 Å². The number of benzene rings is 2. The summed E-state index contributed by atoms with van der Waals surface area (Å²) in [5.41, 5.74) is 8.34. The number of ether oxygens (including phenoxy) is 1. The van der Waals surface area contributed by atoms with Crippen molar-refractivity contribution in [2.45, 2.75) is 19.6 Å². The highest BCUT2D eigenvalue weighted by atomic mass is 35.5.